The monoisotopic (exact) mass is 279 g/mol. The highest BCUT2D eigenvalue weighted by atomic mass is 16.6. The molecule has 6 nitrogen and oxygen atoms in total. The average molecular weight is 279 g/mol. The summed E-state index contributed by atoms with van der Waals surface area (Å²) in [5.74, 6) is 0. The molecule has 6 heteroatoms. The van der Waals surface area contributed by atoms with Crippen molar-refractivity contribution in [3.63, 3.8) is 0 Å². The van der Waals surface area contributed by atoms with Crippen LogP contribution in [0.1, 0.15) is 26.3 Å². The predicted octanol–water partition coefficient (Wildman–Crippen LogP) is 1.19. The fraction of sp³-hybridized carbons (Fsp3) is 0.571. The van der Waals surface area contributed by atoms with Crippen LogP contribution >= 0.6 is 0 Å². The molecule has 1 aromatic heterocycles. The second-order valence-corrected chi connectivity index (χ2v) is 6.31. The predicted molar refractivity (Wildman–Crippen MR) is 75.1 cm³/mol. The van der Waals surface area contributed by atoms with Crippen molar-refractivity contribution in [1.82, 2.24) is 9.88 Å². The number of β-amino-alcohol motifs (C(OH)–C–C–N with tert-alkyl or cyclic N) is 1. The Morgan fingerprint density at radius 3 is 2.75 bits per heavy atom. The summed E-state index contributed by atoms with van der Waals surface area (Å²) >= 11 is 0. The van der Waals surface area contributed by atoms with Crippen LogP contribution in [0.2, 0.25) is 0 Å². The number of likely N-dealkylation sites (tertiary alicyclic amines) is 1. The Bertz CT molecular complexity index is 505. The Morgan fingerprint density at radius 2 is 2.20 bits per heavy atom. The van der Waals surface area contributed by atoms with Crippen LogP contribution < -0.4 is 5.73 Å². The molecule has 0 bridgehead atoms. The third-order valence-corrected chi connectivity index (χ3v) is 3.08. The van der Waals surface area contributed by atoms with Gasteiger partial charge in [0.05, 0.1) is 13.1 Å². The van der Waals surface area contributed by atoms with Gasteiger partial charge in [-0.15, -0.1) is 0 Å². The quantitative estimate of drug-likeness (QED) is 0.849. The standard InChI is InChI=1S/C14H21N3O3/c1-13(2,3)20-12(18)17-8-14(19,9-17)6-10-7-16-5-4-11(10)15/h4-5,7,19H,6,8-9H2,1-3H3,(H2,15,16). The lowest BCUT2D eigenvalue weighted by atomic mass is 9.87. The Kier molecular flexibility index (Phi) is 3.60. The minimum Gasteiger partial charge on any atom is -0.444 e. The number of amides is 1. The molecule has 1 aliphatic rings. The molecule has 0 unspecified atom stereocenters. The molecule has 110 valence electrons. The highest BCUT2D eigenvalue weighted by Gasteiger charge is 2.45. The van der Waals surface area contributed by atoms with Gasteiger partial charge in [0.15, 0.2) is 0 Å². The Morgan fingerprint density at radius 1 is 1.55 bits per heavy atom. The van der Waals surface area contributed by atoms with Crippen molar-refractivity contribution in [2.45, 2.75) is 38.4 Å². The van der Waals surface area contributed by atoms with Crippen LogP contribution in [-0.2, 0) is 11.2 Å². The Labute approximate surface area is 118 Å². The van der Waals surface area contributed by atoms with Gasteiger partial charge in [0.25, 0.3) is 0 Å². The van der Waals surface area contributed by atoms with Crippen LogP contribution in [0, 0.1) is 0 Å². The highest BCUT2D eigenvalue weighted by molar-refractivity contribution is 5.69. The molecule has 0 atom stereocenters. The highest BCUT2D eigenvalue weighted by Crippen LogP contribution is 2.28. The SMILES string of the molecule is CC(C)(C)OC(=O)N1CC(O)(Cc2cnccc2N)C1. The van der Waals surface area contributed by atoms with E-state index in [2.05, 4.69) is 4.98 Å². The number of nitrogen functional groups attached to an aromatic ring is 1. The zero-order valence-corrected chi connectivity index (χ0v) is 12.1. The third-order valence-electron chi connectivity index (χ3n) is 3.08. The fourth-order valence-corrected chi connectivity index (χ4v) is 2.17. The Hall–Kier alpha value is -1.82. The van der Waals surface area contributed by atoms with E-state index in [9.17, 15) is 9.90 Å². The Balaban J connectivity index is 1.91. The number of carbonyl (C=O) groups excluding carboxylic acids is 1. The molecule has 1 amide bonds. The molecular weight excluding hydrogens is 258 g/mol. The molecule has 3 N–H and O–H groups in total. The molecule has 0 aliphatic carbocycles. The topological polar surface area (TPSA) is 88.7 Å². The maximum atomic E-state index is 11.8. The molecule has 0 saturated carbocycles. The summed E-state index contributed by atoms with van der Waals surface area (Å²) < 4.78 is 5.25. The summed E-state index contributed by atoms with van der Waals surface area (Å²) in [6, 6.07) is 1.70. The average Bonchev–Trinajstić information content (AvgIpc) is 2.26. The van der Waals surface area contributed by atoms with Crippen LogP contribution in [0.4, 0.5) is 10.5 Å². The normalized spacial score (nSPS) is 17.5. The van der Waals surface area contributed by atoms with E-state index in [1.807, 2.05) is 20.8 Å². The van der Waals surface area contributed by atoms with Gasteiger partial charge in [0.2, 0.25) is 0 Å². The number of nitrogens with two attached hydrogens (primary N) is 1. The van der Waals surface area contributed by atoms with Crippen molar-refractivity contribution in [3.05, 3.63) is 24.0 Å². The van der Waals surface area contributed by atoms with E-state index in [0.717, 1.165) is 5.56 Å². The third kappa shape index (κ3) is 3.39. The van der Waals surface area contributed by atoms with Gasteiger partial charge in [-0.1, -0.05) is 0 Å². The maximum absolute atomic E-state index is 11.8. The zero-order chi connectivity index (χ0) is 15.0. The first kappa shape index (κ1) is 14.6. The first-order valence-electron chi connectivity index (χ1n) is 6.57. The molecule has 20 heavy (non-hydrogen) atoms. The van der Waals surface area contributed by atoms with Gasteiger partial charge in [0.1, 0.15) is 11.2 Å². The van der Waals surface area contributed by atoms with Gasteiger partial charge in [-0.05, 0) is 32.4 Å². The number of aliphatic hydroxyl groups is 1. The molecule has 0 spiro atoms. The van der Waals surface area contributed by atoms with Crippen molar-refractivity contribution >= 4 is 11.8 Å². The minimum absolute atomic E-state index is 0.246. The van der Waals surface area contributed by atoms with Crippen molar-refractivity contribution in [2.75, 3.05) is 18.8 Å². The molecule has 1 fully saturated rings. The van der Waals surface area contributed by atoms with E-state index in [1.54, 1.807) is 18.5 Å². The molecule has 1 aliphatic heterocycles. The summed E-state index contributed by atoms with van der Waals surface area (Å²) in [4.78, 5) is 17.3. The van der Waals surface area contributed by atoms with Gasteiger partial charge in [-0.2, -0.15) is 0 Å². The van der Waals surface area contributed by atoms with E-state index < -0.39 is 17.3 Å². The molecule has 1 saturated heterocycles. The maximum Gasteiger partial charge on any atom is 0.410 e. The van der Waals surface area contributed by atoms with E-state index in [0.29, 0.717) is 12.1 Å². The number of hydrogen-bond acceptors (Lipinski definition) is 5. The van der Waals surface area contributed by atoms with Gasteiger partial charge < -0.3 is 20.5 Å². The number of pyridine rings is 1. The molecule has 2 rings (SSSR count). The van der Waals surface area contributed by atoms with Crippen LogP contribution in [0.5, 0.6) is 0 Å². The summed E-state index contributed by atoms with van der Waals surface area (Å²) in [5.41, 5.74) is 5.74. The van der Waals surface area contributed by atoms with Crippen molar-refractivity contribution in [3.8, 4) is 0 Å². The summed E-state index contributed by atoms with van der Waals surface area (Å²) in [6.07, 6.45) is 3.23. The number of anilines is 1. The number of rotatable bonds is 2. The van der Waals surface area contributed by atoms with Crippen molar-refractivity contribution < 1.29 is 14.6 Å². The fourth-order valence-electron chi connectivity index (χ4n) is 2.17. The number of aromatic nitrogens is 1. The lowest BCUT2D eigenvalue weighted by Crippen LogP contribution is -2.65. The van der Waals surface area contributed by atoms with Crippen LogP contribution in [-0.4, -0.2) is 45.4 Å². The van der Waals surface area contributed by atoms with Gasteiger partial charge >= 0.3 is 6.09 Å². The minimum atomic E-state index is -0.950. The largest absolute Gasteiger partial charge is 0.444 e. The molecule has 0 aromatic carbocycles. The van der Waals surface area contributed by atoms with Gasteiger partial charge in [-0.25, -0.2) is 4.79 Å². The summed E-state index contributed by atoms with van der Waals surface area (Å²) in [5, 5.41) is 10.4. The molecule has 2 heterocycles. The van der Waals surface area contributed by atoms with Crippen LogP contribution in [0.3, 0.4) is 0 Å². The van der Waals surface area contributed by atoms with E-state index in [1.165, 1.54) is 4.90 Å². The van der Waals surface area contributed by atoms with E-state index >= 15 is 0 Å². The molecule has 0 radical (unpaired) electrons. The first-order valence-corrected chi connectivity index (χ1v) is 6.57. The molecular formula is C14H21N3O3. The lowest BCUT2D eigenvalue weighted by Gasteiger charge is -2.46. The first-order chi connectivity index (χ1) is 9.19. The van der Waals surface area contributed by atoms with Crippen LogP contribution in [0.15, 0.2) is 18.5 Å². The van der Waals surface area contributed by atoms with Crippen molar-refractivity contribution in [1.29, 1.82) is 0 Å². The van der Waals surface area contributed by atoms with E-state index in [-0.39, 0.29) is 13.1 Å². The second-order valence-electron chi connectivity index (χ2n) is 6.31. The number of hydrogen-bond donors (Lipinski definition) is 2. The van der Waals surface area contributed by atoms with Crippen LogP contribution in [0.25, 0.3) is 0 Å². The van der Waals surface area contributed by atoms with Crippen molar-refractivity contribution in [2.24, 2.45) is 0 Å². The summed E-state index contributed by atoms with van der Waals surface area (Å²) in [7, 11) is 0. The number of nitrogens with zero attached hydrogens (tertiary/aromatic N) is 2. The zero-order valence-electron chi connectivity index (χ0n) is 12.1. The second kappa shape index (κ2) is 4.94. The number of ether oxygens (including phenoxy) is 1. The smallest absolute Gasteiger partial charge is 0.410 e. The number of carbonyl (C=O) groups is 1. The lowest BCUT2D eigenvalue weighted by molar-refractivity contribution is -0.0973. The van der Waals surface area contributed by atoms with E-state index in [4.69, 9.17) is 10.5 Å². The van der Waals surface area contributed by atoms with Gasteiger partial charge in [0, 0.05) is 24.5 Å². The van der Waals surface area contributed by atoms with Gasteiger partial charge in [-0.3, -0.25) is 4.98 Å². The molecule has 1 aromatic rings. The summed E-state index contributed by atoms with van der Waals surface area (Å²) in [6.45, 7) is 5.93.